The number of halogens is 2. The van der Waals surface area contributed by atoms with Gasteiger partial charge in [0, 0.05) is 16.6 Å². The number of aryl methyl sites for hydroxylation is 1. The van der Waals surface area contributed by atoms with Crippen molar-refractivity contribution < 1.29 is 4.39 Å². The third kappa shape index (κ3) is 3.68. The van der Waals surface area contributed by atoms with Gasteiger partial charge < -0.3 is 5.32 Å². The van der Waals surface area contributed by atoms with Gasteiger partial charge in [-0.25, -0.2) is 4.39 Å². The van der Waals surface area contributed by atoms with E-state index in [9.17, 15) is 4.39 Å². The molecule has 2 aromatic carbocycles. The van der Waals surface area contributed by atoms with Crippen molar-refractivity contribution >= 4 is 15.9 Å². The van der Waals surface area contributed by atoms with Gasteiger partial charge >= 0.3 is 0 Å². The van der Waals surface area contributed by atoms with Crippen LogP contribution in [0, 0.1) is 12.7 Å². The van der Waals surface area contributed by atoms with Gasteiger partial charge in [0.25, 0.3) is 0 Å². The summed E-state index contributed by atoms with van der Waals surface area (Å²) in [5, 5.41) is 3.54. The number of nitrogens with one attached hydrogen (secondary N) is 1. The molecule has 0 saturated heterocycles. The van der Waals surface area contributed by atoms with Crippen LogP contribution < -0.4 is 5.32 Å². The Labute approximate surface area is 128 Å². The summed E-state index contributed by atoms with van der Waals surface area (Å²) in [6, 6.07) is 13.7. The molecule has 0 heterocycles. The number of hydrogen-bond donors (Lipinski definition) is 1. The van der Waals surface area contributed by atoms with Crippen molar-refractivity contribution in [2.45, 2.75) is 32.9 Å². The second kappa shape index (κ2) is 6.51. The van der Waals surface area contributed by atoms with E-state index in [0.29, 0.717) is 0 Å². The van der Waals surface area contributed by atoms with Crippen molar-refractivity contribution in [2.24, 2.45) is 0 Å². The van der Waals surface area contributed by atoms with Gasteiger partial charge in [0.2, 0.25) is 0 Å². The van der Waals surface area contributed by atoms with Crippen LogP contribution in [-0.4, -0.2) is 0 Å². The van der Waals surface area contributed by atoms with Crippen molar-refractivity contribution in [1.82, 2.24) is 5.32 Å². The van der Waals surface area contributed by atoms with Crippen LogP contribution in [0.3, 0.4) is 0 Å². The minimum atomic E-state index is -0.223. The molecular formula is C17H19BrFN. The molecule has 20 heavy (non-hydrogen) atoms. The lowest BCUT2D eigenvalue weighted by Crippen LogP contribution is -2.22. The van der Waals surface area contributed by atoms with Crippen LogP contribution in [0.1, 0.15) is 42.6 Å². The minimum Gasteiger partial charge on any atom is -0.304 e. The van der Waals surface area contributed by atoms with E-state index in [1.165, 1.54) is 23.3 Å². The Hall–Kier alpha value is -1.19. The topological polar surface area (TPSA) is 12.0 Å². The lowest BCUT2D eigenvalue weighted by atomic mass is 10.0. The first-order valence-corrected chi connectivity index (χ1v) is 7.54. The predicted octanol–water partition coefficient (Wildman–Crippen LogP) is 5.31. The van der Waals surface area contributed by atoms with Gasteiger partial charge in [0.1, 0.15) is 5.82 Å². The maximum atomic E-state index is 13.1. The first kappa shape index (κ1) is 15.2. The lowest BCUT2D eigenvalue weighted by molar-refractivity contribution is 0.492. The van der Waals surface area contributed by atoms with Gasteiger partial charge in [0.05, 0.1) is 0 Å². The number of hydrogen-bond acceptors (Lipinski definition) is 1. The summed E-state index contributed by atoms with van der Waals surface area (Å²) >= 11 is 3.42. The fourth-order valence-electron chi connectivity index (χ4n) is 2.27. The van der Waals surface area contributed by atoms with Crippen LogP contribution in [0.5, 0.6) is 0 Å². The normalized spacial score (nSPS) is 14.1. The molecule has 0 aliphatic carbocycles. The summed E-state index contributed by atoms with van der Waals surface area (Å²) in [6.45, 7) is 6.31. The van der Waals surface area contributed by atoms with E-state index in [-0.39, 0.29) is 17.9 Å². The van der Waals surface area contributed by atoms with Gasteiger partial charge in [0.15, 0.2) is 0 Å². The van der Waals surface area contributed by atoms with Crippen LogP contribution in [0.15, 0.2) is 46.9 Å². The molecule has 1 nitrogen and oxygen atoms in total. The molecule has 0 aliphatic heterocycles. The van der Waals surface area contributed by atoms with E-state index in [4.69, 9.17) is 0 Å². The Balaban J connectivity index is 2.10. The Bertz CT molecular complexity index is 580. The van der Waals surface area contributed by atoms with E-state index in [1.54, 1.807) is 0 Å². The highest BCUT2D eigenvalue weighted by Crippen LogP contribution is 2.26. The highest BCUT2D eigenvalue weighted by atomic mass is 79.9. The molecule has 1 N–H and O–H groups in total. The van der Waals surface area contributed by atoms with E-state index >= 15 is 0 Å². The van der Waals surface area contributed by atoms with Gasteiger partial charge in [-0.1, -0.05) is 51.8 Å². The molecule has 0 aromatic heterocycles. The van der Waals surface area contributed by atoms with E-state index < -0.39 is 0 Å². The Morgan fingerprint density at radius 2 is 1.65 bits per heavy atom. The molecule has 2 atom stereocenters. The van der Waals surface area contributed by atoms with Crippen molar-refractivity contribution in [2.75, 3.05) is 0 Å². The zero-order valence-electron chi connectivity index (χ0n) is 12.0. The molecule has 106 valence electrons. The SMILES string of the molecule is Cc1ccc(C(C)NC(C)c2ccc(F)cc2Br)cc1. The molecule has 0 saturated carbocycles. The minimum absolute atomic E-state index is 0.140. The zero-order valence-corrected chi connectivity index (χ0v) is 13.5. The van der Waals surface area contributed by atoms with Crippen LogP contribution >= 0.6 is 15.9 Å². The molecule has 2 unspecified atom stereocenters. The van der Waals surface area contributed by atoms with Gasteiger partial charge in [-0.15, -0.1) is 0 Å². The number of benzene rings is 2. The average Bonchev–Trinajstić information content (AvgIpc) is 2.39. The Morgan fingerprint density at radius 3 is 2.25 bits per heavy atom. The number of rotatable bonds is 4. The zero-order chi connectivity index (χ0) is 14.7. The monoisotopic (exact) mass is 335 g/mol. The second-order valence-corrected chi connectivity index (χ2v) is 6.04. The highest BCUT2D eigenvalue weighted by Gasteiger charge is 2.13. The summed E-state index contributed by atoms with van der Waals surface area (Å²) in [4.78, 5) is 0. The molecule has 3 heteroatoms. The molecule has 0 amide bonds. The van der Waals surface area contributed by atoms with Gasteiger partial charge in [-0.05, 0) is 44.0 Å². The largest absolute Gasteiger partial charge is 0.304 e. The van der Waals surface area contributed by atoms with Crippen molar-refractivity contribution in [3.63, 3.8) is 0 Å². The van der Waals surface area contributed by atoms with E-state index in [2.05, 4.69) is 66.3 Å². The summed E-state index contributed by atoms with van der Waals surface area (Å²) < 4.78 is 13.9. The van der Waals surface area contributed by atoms with Gasteiger partial charge in [-0.3, -0.25) is 0 Å². The summed E-state index contributed by atoms with van der Waals surface area (Å²) in [5.41, 5.74) is 3.57. The molecule has 0 spiro atoms. The average molecular weight is 336 g/mol. The van der Waals surface area contributed by atoms with E-state index in [0.717, 1.165) is 10.0 Å². The summed E-state index contributed by atoms with van der Waals surface area (Å²) in [6.07, 6.45) is 0. The summed E-state index contributed by atoms with van der Waals surface area (Å²) in [5.74, 6) is -0.223. The highest BCUT2D eigenvalue weighted by molar-refractivity contribution is 9.10. The van der Waals surface area contributed by atoms with Crippen molar-refractivity contribution in [3.8, 4) is 0 Å². The Morgan fingerprint density at radius 1 is 1.00 bits per heavy atom. The first-order chi connectivity index (χ1) is 9.47. The third-order valence-corrected chi connectivity index (χ3v) is 4.19. The predicted molar refractivity (Wildman–Crippen MR) is 85.2 cm³/mol. The molecule has 0 radical (unpaired) electrons. The summed E-state index contributed by atoms with van der Waals surface area (Å²) in [7, 11) is 0. The van der Waals surface area contributed by atoms with Crippen LogP contribution in [0.25, 0.3) is 0 Å². The van der Waals surface area contributed by atoms with Crippen molar-refractivity contribution in [1.29, 1.82) is 0 Å². The molecule has 0 bridgehead atoms. The maximum absolute atomic E-state index is 13.1. The maximum Gasteiger partial charge on any atom is 0.124 e. The fourth-order valence-corrected chi connectivity index (χ4v) is 2.96. The molecule has 2 aromatic rings. The second-order valence-electron chi connectivity index (χ2n) is 5.19. The molecular weight excluding hydrogens is 317 g/mol. The Kier molecular flexibility index (Phi) is 4.95. The lowest BCUT2D eigenvalue weighted by Gasteiger charge is -2.22. The quantitative estimate of drug-likeness (QED) is 0.798. The fraction of sp³-hybridized carbons (Fsp3) is 0.294. The van der Waals surface area contributed by atoms with E-state index in [1.807, 2.05) is 6.07 Å². The standard InChI is InChI=1S/C17H19BrFN/c1-11-4-6-14(7-5-11)12(2)20-13(3)16-9-8-15(19)10-17(16)18/h4-10,12-13,20H,1-3H3. The van der Waals surface area contributed by atoms with Crippen LogP contribution in [0.4, 0.5) is 4.39 Å². The molecule has 2 rings (SSSR count). The van der Waals surface area contributed by atoms with Crippen LogP contribution in [0.2, 0.25) is 0 Å². The smallest absolute Gasteiger partial charge is 0.124 e. The van der Waals surface area contributed by atoms with Crippen LogP contribution in [-0.2, 0) is 0 Å². The first-order valence-electron chi connectivity index (χ1n) is 6.75. The third-order valence-electron chi connectivity index (χ3n) is 3.51. The molecule has 0 fully saturated rings. The van der Waals surface area contributed by atoms with Crippen molar-refractivity contribution in [3.05, 3.63) is 69.4 Å². The molecule has 0 aliphatic rings. The van der Waals surface area contributed by atoms with Gasteiger partial charge in [-0.2, -0.15) is 0 Å².